The average Bonchev–Trinajstić information content (AvgIpc) is 2.61. The van der Waals surface area contributed by atoms with Crippen LogP contribution in [0.1, 0.15) is 12.8 Å². The van der Waals surface area contributed by atoms with E-state index < -0.39 is 15.1 Å². The predicted molar refractivity (Wildman–Crippen MR) is 102 cm³/mol. The first kappa shape index (κ1) is 20.1. The van der Waals surface area contributed by atoms with Crippen molar-refractivity contribution < 1.29 is 13.2 Å². The number of rotatable bonds is 6. The second kappa shape index (κ2) is 8.91. The zero-order valence-corrected chi connectivity index (χ0v) is 16.7. The number of likely N-dealkylation sites (tertiary alicyclic amines) is 1. The van der Waals surface area contributed by atoms with Gasteiger partial charge >= 0.3 is 6.03 Å². The van der Waals surface area contributed by atoms with Crippen molar-refractivity contribution in [1.29, 1.82) is 0 Å². The summed E-state index contributed by atoms with van der Waals surface area (Å²) < 4.78 is 25.8. The van der Waals surface area contributed by atoms with Crippen LogP contribution >= 0.6 is 11.8 Å². The van der Waals surface area contributed by atoms with Gasteiger partial charge in [0.15, 0.2) is 9.84 Å². The number of thioether (sulfide) groups is 1. The highest BCUT2D eigenvalue weighted by Gasteiger charge is 2.33. The summed E-state index contributed by atoms with van der Waals surface area (Å²) in [6.45, 7) is 2.16. The van der Waals surface area contributed by atoms with Crippen molar-refractivity contribution >= 4 is 27.6 Å². The Balaban J connectivity index is 2.02. The van der Waals surface area contributed by atoms with Crippen molar-refractivity contribution in [3.05, 3.63) is 24.3 Å². The number of likely N-dealkylation sites (N-methyl/N-ethyl adjacent to an activating group) is 1. The van der Waals surface area contributed by atoms with Crippen LogP contribution in [0, 0.1) is 0 Å². The SMILES string of the molecule is CSc1ccc(S(=O)(=O)C2CCCN(C(=O)NCCN(C)C)C2)cc1. The van der Waals surface area contributed by atoms with Crippen molar-refractivity contribution in [3.8, 4) is 0 Å². The van der Waals surface area contributed by atoms with Crippen LogP contribution in [-0.2, 0) is 9.84 Å². The fraction of sp³-hybridized carbons (Fsp3) is 0.588. The van der Waals surface area contributed by atoms with Gasteiger partial charge in [-0.1, -0.05) is 0 Å². The number of piperidine rings is 1. The lowest BCUT2D eigenvalue weighted by Gasteiger charge is -2.32. The Morgan fingerprint density at radius 2 is 2.00 bits per heavy atom. The summed E-state index contributed by atoms with van der Waals surface area (Å²) >= 11 is 1.58. The van der Waals surface area contributed by atoms with Crippen molar-refractivity contribution in [1.82, 2.24) is 15.1 Å². The Labute approximate surface area is 154 Å². The number of sulfone groups is 1. The number of carbonyl (C=O) groups is 1. The molecule has 1 saturated heterocycles. The molecule has 1 aromatic rings. The number of hydrogen-bond donors (Lipinski definition) is 1. The molecule has 1 unspecified atom stereocenters. The van der Waals surface area contributed by atoms with E-state index in [1.54, 1.807) is 28.8 Å². The van der Waals surface area contributed by atoms with Gasteiger partial charge in [-0.2, -0.15) is 0 Å². The predicted octanol–water partition coefficient (Wildman–Crippen LogP) is 1.92. The van der Waals surface area contributed by atoms with Crippen LogP contribution in [0.5, 0.6) is 0 Å². The van der Waals surface area contributed by atoms with E-state index in [2.05, 4.69) is 5.32 Å². The molecule has 1 fully saturated rings. The maximum Gasteiger partial charge on any atom is 0.317 e. The van der Waals surface area contributed by atoms with Gasteiger partial charge in [0, 0.05) is 31.1 Å². The van der Waals surface area contributed by atoms with E-state index in [-0.39, 0.29) is 12.6 Å². The number of amides is 2. The molecule has 0 aromatic heterocycles. The van der Waals surface area contributed by atoms with Crippen LogP contribution < -0.4 is 5.32 Å². The minimum Gasteiger partial charge on any atom is -0.337 e. The van der Waals surface area contributed by atoms with E-state index in [9.17, 15) is 13.2 Å². The van der Waals surface area contributed by atoms with E-state index in [1.807, 2.05) is 37.4 Å². The summed E-state index contributed by atoms with van der Waals surface area (Å²) in [7, 11) is 0.458. The number of carbonyl (C=O) groups excluding carboxylic acids is 1. The average molecular weight is 386 g/mol. The number of benzene rings is 1. The maximum absolute atomic E-state index is 12.9. The Morgan fingerprint density at radius 3 is 2.60 bits per heavy atom. The molecule has 2 rings (SSSR count). The molecule has 2 amide bonds. The van der Waals surface area contributed by atoms with E-state index in [4.69, 9.17) is 0 Å². The molecule has 1 aliphatic heterocycles. The van der Waals surface area contributed by atoms with Crippen LogP contribution in [0.2, 0.25) is 0 Å². The lowest BCUT2D eigenvalue weighted by Crippen LogP contribution is -2.49. The minimum absolute atomic E-state index is 0.181. The molecule has 1 aliphatic rings. The number of nitrogens with one attached hydrogen (secondary N) is 1. The Bertz CT molecular complexity index is 675. The number of hydrogen-bond acceptors (Lipinski definition) is 5. The number of urea groups is 1. The van der Waals surface area contributed by atoms with Crippen molar-refractivity contribution in [3.63, 3.8) is 0 Å². The molecule has 0 spiro atoms. The van der Waals surface area contributed by atoms with Crippen molar-refractivity contribution in [2.75, 3.05) is 46.5 Å². The third-order valence-corrected chi connectivity index (χ3v) is 7.26. The van der Waals surface area contributed by atoms with Crippen LogP contribution in [0.25, 0.3) is 0 Å². The summed E-state index contributed by atoms with van der Waals surface area (Å²) in [6, 6.07) is 6.80. The van der Waals surface area contributed by atoms with Gasteiger partial charge < -0.3 is 15.1 Å². The highest BCUT2D eigenvalue weighted by molar-refractivity contribution is 7.98. The second-order valence-electron chi connectivity index (χ2n) is 6.47. The van der Waals surface area contributed by atoms with Gasteiger partial charge in [-0.05, 0) is 57.5 Å². The summed E-state index contributed by atoms with van der Waals surface area (Å²) in [5.74, 6) is 0. The van der Waals surface area contributed by atoms with Crippen LogP contribution in [0.4, 0.5) is 4.79 Å². The van der Waals surface area contributed by atoms with Gasteiger partial charge in [0.2, 0.25) is 0 Å². The molecule has 6 nitrogen and oxygen atoms in total. The van der Waals surface area contributed by atoms with Gasteiger partial charge in [0.25, 0.3) is 0 Å². The summed E-state index contributed by atoms with van der Waals surface area (Å²) in [4.78, 5) is 17.3. The molecule has 0 aliphatic carbocycles. The van der Waals surface area contributed by atoms with E-state index in [0.29, 0.717) is 30.8 Å². The first-order valence-corrected chi connectivity index (χ1v) is 11.2. The molecule has 8 heteroatoms. The monoisotopic (exact) mass is 385 g/mol. The fourth-order valence-corrected chi connectivity index (χ4v) is 4.99. The van der Waals surface area contributed by atoms with Gasteiger partial charge in [-0.15, -0.1) is 11.8 Å². The third-order valence-electron chi connectivity index (χ3n) is 4.33. The van der Waals surface area contributed by atoms with E-state index in [1.165, 1.54) is 0 Å². The molecule has 0 bridgehead atoms. The molecule has 0 radical (unpaired) electrons. The first-order chi connectivity index (χ1) is 11.8. The van der Waals surface area contributed by atoms with Gasteiger partial charge in [-0.25, -0.2) is 13.2 Å². The van der Waals surface area contributed by atoms with E-state index in [0.717, 1.165) is 11.4 Å². The minimum atomic E-state index is -3.43. The van der Waals surface area contributed by atoms with Gasteiger partial charge in [0.05, 0.1) is 10.1 Å². The van der Waals surface area contributed by atoms with Gasteiger partial charge in [0.1, 0.15) is 0 Å². The summed E-state index contributed by atoms with van der Waals surface area (Å²) in [5.41, 5.74) is 0. The summed E-state index contributed by atoms with van der Waals surface area (Å²) in [6.07, 6.45) is 3.25. The normalized spacial score (nSPS) is 18.4. The summed E-state index contributed by atoms with van der Waals surface area (Å²) in [5, 5.41) is 2.32. The standard InChI is InChI=1S/C17H27N3O3S2/c1-19(2)12-10-18-17(21)20-11-4-5-16(13-20)25(22,23)15-8-6-14(24-3)7-9-15/h6-9,16H,4-5,10-13H2,1-3H3,(H,18,21). The van der Waals surface area contributed by atoms with Crippen LogP contribution in [0.3, 0.4) is 0 Å². The molecule has 1 aromatic carbocycles. The zero-order chi connectivity index (χ0) is 18.4. The Hall–Kier alpha value is -1.25. The van der Waals surface area contributed by atoms with Crippen LogP contribution in [0.15, 0.2) is 34.1 Å². The maximum atomic E-state index is 12.9. The lowest BCUT2D eigenvalue weighted by atomic mass is 10.1. The first-order valence-electron chi connectivity index (χ1n) is 8.40. The quantitative estimate of drug-likeness (QED) is 0.758. The molecule has 1 N–H and O–H groups in total. The highest BCUT2D eigenvalue weighted by Crippen LogP contribution is 2.25. The Kier molecular flexibility index (Phi) is 7.15. The number of nitrogens with zero attached hydrogens (tertiary/aromatic N) is 2. The molecule has 1 heterocycles. The largest absolute Gasteiger partial charge is 0.337 e. The highest BCUT2D eigenvalue weighted by atomic mass is 32.2. The molecule has 1 atom stereocenters. The Morgan fingerprint density at radius 1 is 1.32 bits per heavy atom. The smallest absolute Gasteiger partial charge is 0.317 e. The van der Waals surface area contributed by atoms with Crippen molar-refractivity contribution in [2.45, 2.75) is 27.9 Å². The lowest BCUT2D eigenvalue weighted by molar-refractivity contribution is 0.186. The third kappa shape index (κ3) is 5.36. The van der Waals surface area contributed by atoms with Crippen LogP contribution in [-0.4, -0.2) is 76.0 Å². The fourth-order valence-electron chi connectivity index (χ4n) is 2.83. The zero-order valence-electron chi connectivity index (χ0n) is 15.1. The van der Waals surface area contributed by atoms with Crippen molar-refractivity contribution in [2.24, 2.45) is 0 Å². The molecular formula is C17H27N3O3S2. The molecular weight excluding hydrogens is 358 g/mol. The van der Waals surface area contributed by atoms with E-state index >= 15 is 0 Å². The second-order valence-corrected chi connectivity index (χ2v) is 9.57. The molecule has 25 heavy (non-hydrogen) atoms. The topological polar surface area (TPSA) is 69.7 Å². The molecule has 140 valence electrons. The van der Waals surface area contributed by atoms with Gasteiger partial charge in [-0.3, -0.25) is 0 Å². The molecule has 0 saturated carbocycles.